The summed E-state index contributed by atoms with van der Waals surface area (Å²) in [7, 11) is -3.64. The lowest BCUT2D eigenvalue weighted by Gasteiger charge is -2.32. The average Bonchev–Trinajstić information content (AvgIpc) is 2.95. The minimum Gasteiger partial charge on any atom is -0.354 e. The number of aryl methyl sites for hydroxylation is 1. The smallest absolute Gasteiger partial charge is 0.243 e. The van der Waals surface area contributed by atoms with E-state index in [1.54, 1.807) is 35.2 Å². The molecule has 0 heterocycles. The van der Waals surface area contributed by atoms with Gasteiger partial charge in [0.05, 0.1) is 11.9 Å². The molecule has 3 aromatic rings. The molecule has 0 saturated carbocycles. The van der Waals surface area contributed by atoms with Crippen molar-refractivity contribution in [3.05, 3.63) is 99.5 Å². The molecule has 0 bridgehead atoms. The van der Waals surface area contributed by atoms with E-state index in [2.05, 4.69) is 12.2 Å². The SMILES string of the molecule is CCCCNC(=O)[C@@H](Cc1ccccc1)N(Cc1ccc(Cl)cc1)C(=O)CCCN(c1cc(Cl)ccc1C)S(C)(=O)=O. The Kier molecular flexibility index (Phi) is 12.7. The molecule has 0 spiro atoms. The average molecular weight is 633 g/mol. The molecule has 0 unspecified atom stereocenters. The molecular formula is C32H39Cl2N3O4S. The molecule has 2 amide bonds. The van der Waals surface area contributed by atoms with Crippen LogP contribution < -0.4 is 9.62 Å². The number of halogens is 2. The van der Waals surface area contributed by atoms with Crippen molar-refractivity contribution >= 4 is 50.7 Å². The van der Waals surface area contributed by atoms with Gasteiger partial charge in [0.2, 0.25) is 21.8 Å². The first-order chi connectivity index (χ1) is 20.0. The first-order valence-corrected chi connectivity index (χ1v) is 16.7. The summed E-state index contributed by atoms with van der Waals surface area (Å²) in [4.78, 5) is 29.1. The summed E-state index contributed by atoms with van der Waals surface area (Å²) in [5.41, 5.74) is 3.00. The number of amides is 2. The van der Waals surface area contributed by atoms with Gasteiger partial charge in [0.25, 0.3) is 0 Å². The second-order valence-corrected chi connectivity index (χ2v) is 13.1. The molecule has 1 atom stereocenters. The Hall–Kier alpha value is -3.07. The third-order valence-corrected chi connectivity index (χ3v) is 8.63. The van der Waals surface area contributed by atoms with Gasteiger partial charge in [-0.15, -0.1) is 0 Å². The first kappa shape index (κ1) is 33.4. The number of nitrogens with zero attached hydrogens (tertiary/aromatic N) is 2. The van der Waals surface area contributed by atoms with Crippen molar-refractivity contribution in [3.8, 4) is 0 Å². The van der Waals surface area contributed by atoms with E-state index in [9.17, 15) is 18.0 Å². The molecule has 0 aliphatic carbocycles. The summed E-state index contributed by atoms with van der Waals surface area (Å²) in [6.07, 6.45) is 3.55. The minimum absolute atomic E-state index is 0.0484. The summed E-state index contributed by atoms with van der Waals surface area (Å²) in [6, 6.07) is 21.1. The van der Waals surface area contributed by atoms with Gasteiger partial charge in [0, 0.05) is 42.5 Å². The van der Waals surface area contributed by atoms with Gasteiger partial charge < -0.3 is 10.2 Å². The molecule has 42 heavy (non-hydrogen) atoms. The van der Waals surface area contributed by atoms with Crippen molar-refractivity contribution in [2.75, 3.05) is 23.7 Å². The Bertz CT molecular complexity index is 1430. The molecule has 3 rings (SSSR count). The number of nitrogens with one attached hydrogen (secondary N) is 1. The van der Waals surface area contributed by atoms with Crippen molar-refractivity contribution in [1.82, 2.24) is 10.2 Å². The lowest BCUT2D eigenvalue weighted by molar-refractivity contribution is -0.141. The van der Waals surface area contributed by atoms with E-state index in [1.807, 2.05) is 49.4 Å². The minimum atomic E-state index is -3.64. The number of carbonyl (C=O) groups is 2. The molecular weight excluding hydrogens is 593 g/mol. The van der Waals surface area contributed by atoms with Crippen LogP contribution in [0.3, 0.4) is 0 Å². The van der Waals surface area contributed by atoms with Crippen LogP contribution in [0.5, 0.6) is 0 Å². The zero-order valence-corrected chi connectivity index (χ0v) is 26.7. The van der Waals surface area contributed by atoms with Gasteiger partial charge in [-0.25, -0.2) is 8.42 Å². The van der Waals surface area contributed by atoms with Crippen LogP contribution in [0.15, 0.2) is 72.8 Å². The van der Waals surface area contributed by atoms with Crippen LogP contribution in [0, 0.1) is 6.92 Å². The molecule has 3 aromatic carbocycles. The van der Waals surface area contributed by atoms with Crippen molar-refractivity contribution in [3.63, 3.8) is 0 Å². The first-order valence-electron chi connectivity index (χ1n) is 14.1. The molecule has 226 valence electrons. The van der Waals surface area contributed by atoms with Crippen LogP contribution in [0.1, 0.15) is 49.3 Å². The van der Waals surface area contributed by atoms with E-state index in [4.69, 9.17) is 23.2 Å². The summed E-state index contributed by atoms with van der Waals surface area (Å²) in [6.45, 7) is 4.68. The van der Waals surface area contributed by atoms with Gasteiger partial charge in [0.1, 0.15) is 6.04 Å². The Morgan fingerprint density at radius 1 is 0.905 bits per heavy atom. The van der Waals surface area contributed by atoms with E-state index < -0.39 is 16.1 Å². The molecule has 0 saturated heterocycles. The number of sulfonamides is 1. The zero-order chi connectivity index (χ0) is 30.7. The van der Waals surface area contributed by atoms with Gasteiger partial charge in [-0.1, -0.05) is 85.1 Å². The van der Waals surface area contributed by atoms with Crippen LogP contribution in [-0.4, -0.2) is 50.5 Å². The Morgan fingerprint density at radius 2 is 1.57 bits per heavy atom. The van der Waals surface area contributed by atoms with E-state index in [1.165, 1.54) is 4.31 Å². The number of benzene rings is 3. The second kappa shape index (κ2) is 16.0. The number of hydrogen-bond donors (Lipinski definition) is 1. The molecule has 1 N–H and O–H groups in total. The predicted octanol–water partition coefficient (Wildman–Crippen LogP) is 6.40. The molecule has 7 nitrogen and oxygen atoms in total. The van der Waals surface area contributed by atoms with Crippen molar-refractivity contribution in [2.45, 2.75) is 58.5 Å². The largest absolute Gasteiger partial charge is 0.354 e. The molecule has 10 heteroatoms. The maximum atomic E-state index is 13.9. The quantitative estimate of drug-likeness (QED) is 0.197. The van der Waals surface area contributed by atoms with Crippen LogP contribution in [0.4, 0.5) is 5.69 Å². The van der Waals surface area contributed by atoms with Gasteiger partial charge in [-0.3, -0.25) is 13.9 Å². The number of carbonyl (C=O) groups excluding carboxylic acids is 2. The molecule has 0 aliphatic heterocycles. The van der Waals surface area contributed by atoms with Crippen LogP contribution in [-0.2, 0) is 32.6 Å². The van der Waals surface area contributed by atoms with Crippen LogP contribution >= 0.6 is 23.2 Å². The Labute approximate surface area is 259 Å². The van der Waals surface area contributed by atoms with E-state index in [-0.39, 0.29) is 37.7 Å². The summed E-state index contributed by atoms with van der Waals surface area (Å²) < 4.78 is 26.7. The van der Waals surface area contributed by atoms with E-state index in [0.717, 1.165) is 35.8 Å². The van der Waals surface area contributed by atoms with Gasteiger partial charge in [-0.05, 0) is 60.7 Å². The highest BCUT2D eigenvalue weighted by molar-refractivity contribution is 7.92. The highest BCUT2D eigenvalue weighted by Gasteiger charge is 2.30. The summed E-state index contributed by atoms with van der Waals surface area (Å²) in [5, 5.41) is 4.01. The number of anilines is 1. The fourth-order valence-electron chi connectivity index (χ4n) is 4.68. The third-order valence-electron chi connectivity index (χ3n) is 6.96. The highest BCUT2D eigenvalue weighted by Crippen LogP contribution is 2.27. The Balaban J connectivity index is 1.88. The number of unbranched alkanes of at least 4 members (excludes halogenated alkanes) is 1. The summed E-state index contributed by atoms with van der Waals surface area (Å²) >= 11 is 12.3. The second-order valence-electron chi connectivity index (χ2n) is 10.4. The molecule has 0 aliphatic rings. The van der Waals surface area contributed by atoms with E-state index >= 15 is 0 Å². The topological polar surface area (TPSA) is 86.8 Å². The van der Waals surface area contributed by atoms with Crippen molar-refractivity contribution in [1.29, 1.82) is 0 Å². The van der Waals surface area contributed by atoms with E-state index in [0.29, 0.717) is 28.7 Å². The highest BCUT2D eigenvalue weighted by atomic mass is 35.5. The lowest BCUT2D eigenvalue weighted by Crippen LogP contribution is -2.50. The van der Waals surface area contributed by atoms with Crippen molar-refractivity contribution in [2.24, 2.45) is 0 Å². The molecule has 0 aromatic heterocycles. The summed E-state index contributed by atoms with van der Waals surface area (Å²) in [5.74, 6) is -0.463. The zero-order valence-electron chi connectivity index (χ0n) is 24.4. The van der Waals surface area contributed by atoms with Gasteiger partial charge in [-0.2, -0.15) is 0 Å². The predicted molar refractivity (Wildman–Crippen MR) is 171 cm³/mol. The monoisotopic (exact) mass is 631 g/mol. The number of hydrogen-bond acceptors (Lipinski definition) is 4. The Morgan fingerprint density at radius 3 is 2.21 bits per heavy atom. The third kappa shape index (κ3) is 10.0. The van der Waals surface area contributed by atoms with Crippen molar-refractivity contribution < 1.29 is 18.0 Å². The maximum Gasteiger partial charge on any atom is 0.243 e. The normalized spacial score (nSPS) is 12.0. The maximum absolute atomic E-state index is 13.9. The lowest BCUT2D eigenvalue weighted by atomic mass is 10.0. The van der Waals surface area contributed by atoms with Gasteiger partial charge >= 0.3 is 0 Å². The fraction of sp³-hybridized carbons (Fsp3) is 0.375. The number of rotatable bonds is 15. The van der Waals surface area contributed by atoms with Crippen LogP contribution in [0.2, 0.25) is 10.0 Å². The fourth-order valence-corrected chi connectivity index (χ4v) is 5.99. The standard InChI is InChI=1S/C32H39Cl2N3O4S/c1-4-5-19-35-32(39)30(21-25-10-7-6-8-11-25)36(23-26-14-17-27(33)18-15-26)31(38)12-9-20-37(42(3,40)41)29-22-28(34)16-13-24(29)2/h6-8,10-11,13-18,22,30H,4-5,9,12,19-21,23H2,1-3H3,(H,35,39)/t30-/m1/s1. The molecule has 0 fully saturated rings. The van der Waals surface area contributed by atoms with Gasteiger partial charge in [0.15, 0.2) is 0 Å². The molecule has 0 radical (unpaired) electrons. The van der Waals surface area contributed by atoms with Crippen LogP contribution in [0.25, 0.3) is 0 Å².